The van der Waals surface area contributed by atoms with Crippen LogP contribution in [0.1, 0.15) is 32.6 Å². The molecule has 106 valence electrons. The van der Waals surface area contributed by atoms with Crippen molar-refractivity contribution >= 4 is 21.6 Å². The molecule has 2 heterocycles. The summed E-state index contributed by atoms with van der Waals surface area (Å²) in [6.07, 6.45) is 6.15. The highest BCUT2D eigenvalue weighted by Gasteiger charge is 2.16. The van der Waals surface area contributed by atoms with Gasteiger partial charge in [0.2, 0.25) is 0 Å². The molecule has 1 fully saturated rings. The van der Waals surface area contributed by atoms with Gasteiger partial charge in [-0.2, -0.15) is 5.10 Å². The molecule has 1 aromatic heterocycles. The first-order valence-electron chi connectivity index (χ1n) is 6.83. The smallest absolute Gasteiger partial charge is 0.283 e. The number of ether oxygens (including phenoxy) is 1. The number of aryl methyl sites for hydroxylation is 1. The largest absolute Gasteiger partial charge is 0.380 e. The van der Waals surface area contributed by atoms with Gasteiger partial charge in [-0.05, 0) is 35.2 Å². The van der Waals surface area contributed by atoms with Crippen LogP contribution >= 0.6 is 15.9 Å². The van der Waals surface area contributed by atoms with Crippen molar-refractivity contribution in [3.63, 3.8) is 0 Å². The fourth-order valence-corrected chi connectivity index (χ4v) is 2.53. The first-order chi connectivity index (χ1) is 9.22. The molecule has 0 saturated carbocycles. The number of nitrogens with zero attached hydrogens (tertiary/aromatic N) is 2. The Labute approximate surface area is 121 Å². The van der Waals surface area contributed by atoms with Gasteiger partial charge in [-0.15, -0.1) is 0 Å². The highest BCUT2D eigenvalue weighted by Crippen LogP contribution is 2.18. The van der Waals surface area contributed by atoms with E-state index in [1.807, 2.05) is 0 Å². The Bertz CT molecular complexity index is 469. The second-order valence-corrected chi connectivity index (χ2v) is 5.56. The molecule has 6 heteroatoms. The molecule has 1 saturated heterocycles. The van der Waals surface area contributed by atoms with Gasteiger partial charge in [0.05, 0.1) is 18.0 Å². The highest BCUT2D eigenvalue weighted by molar-refractivity contribution is 9.10. The van der Waals surface area contributed by atoms with Gasteiger partial charge in [-0.3, -0.25) is 4.79 Å². The van der Waals surface area contributed by atoms with E-state index < -0.39 is 0 Å². The summed E-state index contributed by atoms with van der Waals surface area (Å²) in [5.41, 5.74) is 0.666. The van der Waals surface area contributed by atoms with Crippen molar-refractivity contribution in [2.24, 2.45) is 0 Å². The number of unbranched alkanes of at least 4 members (excludes halogenated alkanes) is 1. The van der Waals surface area contributed by atoms with Crippen LogP contribution in [0, 0.1) is 0 Å². The molecule has 1 atom stereocenters. The zero-order valence-corrected chi connectivity index (χ0v) is 12.8. The molecule has 2 rings (SSSR count). The number of aromatic nitrogens is 2. The van der Waals surface area contributed by atoms with Crippen molar-refractivity contribution in [3.05, 3.63) is 21.0 Å². The first-order valence-corrected chi connectivity index (χ1v) is 7.62. The fraction of sp³-hybridized carbons (Fsp3) is 0.692. The van der Waals surface area contributed by atoms with Crippen LogP contribution in [0.4, 0.5) is 5.69 Å². The molecule has 1 aliphatic heterocycles. The molecule has 1 unspecified atom stereocenters. The zero-order chi connectivity index (χ0) is 13.7. The van der Waals surface area contributed by atoms with Gasteiger partial charge in [0.15, 0.2) is 0 Å². The number of hydrogen-bond donors (Lipinski definition) is 1. The lowest BCUT2D eigenvalue weighted by molar-refractivity contribution is 0.120. The van der Waals surface area contributed by atoms with E-state index in [4.69, 9.17) is 4.74 Å². The molecule has 0 aromatic carbocycles. The van der Waals surface area contributed by atoms with Gasteiger partial charge in [0, 0.05) is 19.7 Å². The van der Waals surface area contributed by atoms with Gasteiger partial charge in [0.1, 0.15) is 4.47 Å². The molecule has 0 radical (unpaired) electrons. The average Bonchev–Trinajstić information content (AvgIpc) is 2.92. The maximum Gasteiger partial charge on any atom is 0.283 e. The standard InChI is InChI=1S/C13H20BrN3O2/c1-2-3-6-17-13(18)12(14)11(9-16-17)15-8-10-5-4-7-19-10/h9-10,15H,2-8H2,1H3. The topological polar surface area (TPSA) is 56.1 Å². The highest BCUT2D eigenvalue weighted by atomic mass is 79.9. The zero-order valence-electron chi connectivity index (χ0n) is 11.2. The number of hydrogen-bond acceptors (Lipinski definition) is 4. The lowest BCUT2D eigenvalue weighted by Crippen LogP contribution is -2.26. The minimum absolute atomic E-state index is 0.0780. The van der Waals surface area contributed by atoms with E-state index in [9.17, 15) is 4.79 Å². The number of halogens is 1. The number of anilines is 1. The van der Waals surface area contributed by atoms with E-state index in [1.165, 1.54) is 4.68 Å². The van der Waals surface area contributed by atoms with E-state index in [-0.39, 0.29) is 11.7 Å². The maximum absolute atomic E-state index is 12.1. The van der Waals surface area contributed by atoms with Crippen LogP contribution in [0.3, 0.4) is 0 Å². The molecular weight excluding hydrogens is 310 g/mol. The van der Waals surface area contributed by atoms with Crippen LogP contribution in [0.2, 0.25) is 0 Å². The predicted octanol–water partition coefficient (Wildman–Crippen LogP) is 2.40. The third-order valence-electron chi connectivity index (χ3n) is 3.25. The summed E-state index contributed by atoms with van der Waals surface area (Å²) in [4.78, 5) is 12.1. The van der Waals surface area contributed by atoms with Crippen LogP contribution in [0.5, 0.6) is 0 Å². The molecule has 0 amide bonds. The van der Waals surface area contributed by atoms with Gasteiger partial charge in [0.25, 0.3) is 5.56 Å². The van der Waals surface area contributed by atoms with Gasteiger partial charge in [-0.25, -0.2) is 4.68 Å². The monoisotopic (exact) mass is 329 g/mol. The summed E-state index contributed by atoms with van der Waals surface area (Å²) in [5, 5.41) is 7.42. The van der Waals surface area contributed by atoms with Crippen molar-refractivity contribution in [1.29, 1.82) is 0 Å². The minimum atomic E-state index is -0.0780. The van der Waals surface area contributed by atoms with Crippen molar-refractivity contribution in [2.45, 2.75) is 45.3 Å². The van der Waals surface area contributed by atoms with Gasteiger partial charge < -0.3 is 10.1 Å². The number of rotatable bonds is 6. The molecule has 0 bridgehead atoms. The van der Waals surface area contributed by atoms with Gasteiger partial charge >= 0.3 is 0 Å². The molecule has 1 N–H and O–H groups in total. The van der Waals surface area contributed by atoms with Crippen molar-refractivity contribution < 1.29 is 4.74 Å². The summed E-state index contributed by atoms with van der Waals surface area (Å²) in [7, 11) is 0. The Morgan fingerprint density at radius 3 is 3.16 bits per heavy atom. The second kappa shape index (κ2) is 7.05. The van der Waals surface area contributed by atoms with E-state index in [2.05, 4.69) is 33.3 Å². The average molecular weight is 330 g/mol. The van der Waals surface area contributed by atoms with Crippen LogP contribution in [0.25, 0.3) is 0 Å². The molecule has 1 aromatic rings. The fourth-order valence-electron chi connectivity index (χ4n) is 2.08. The third kappa shape index (κ3) is 3.79. The second-order valence-electron chi connectivity index (χ2n) is 4.77. The summed E-state index contributed by atoms with van der Waals surface area (Å²) < 4.78 is 7.60. The normalized spacial score (nSPS) is 18.7. The Hall–Kier alpha value is -0.880. The Morgan fingerprint density at radius 1 is 1.63 bits per heavy atom. The van der Waals surface area contributed by atoms with E-state index in [0.29, 0.717) is 11.0 Å². The first kappa shape index (κ1) is 14.5. The lowest BCUT2D eigenvalue weighted by atomic mass is 10.2. The molecule has 1 aliphatic rings. The Morgan fingerprint density at radius 2 is 2.47 bits per heavy atom. The third-order valence-corrected chi connectivity index (χ3v) is 4.02. The van der Waals surface area contributed by atoms with E-state index >= 15 is 0 Å². The van der Waals surface area contributed by atoms with Crippen LogP contribution in [0.15, 0.2) is 15.5 Å². The Kier molecular flexibility index (Phi) is 5.39. The maximum atomic E-state index is 12.1. The summed E-state index contributed by atoms with van der Waals surface area (Å²) in [5.74, 6) is 0. The van der Waals surface area contributed by atoms with E-state index in [1.54, 1.807) is 6.20 Å². The summed E-state index contributed by atoms with van der Waals surface area (Å²) in [6.45, 7) is 4.32. The molecule has 19 heavy (non-hydrogen) atoms. The van der Waals surface area contributed by atoms with E-state index in [0.717, 1.165) is 44.5 Å². The molecular formula is C13H20BrN3O2. The molecule has 5 nitrogen and oxygen atoms in total. The molecule has 0 aliphatic carbocycles. The lowest BCUT2D eigenvalue weighted by Gasteiger charge is -2.13. The van der Waals surface area contributed by atoms with Gasteiger partial charge in [-0.1, -0.05) is 13.3 Å². The van der Waals surface area contributed by atoms with Crippen molar-refractivity contribution in [2.75, 3.05) is 18.5 Å². The number of nitrogens with one attached hydrogen (secondary N) is 1. The van der Waals surface area contributed by atoms with Crippen LogP contribution in [-0.4, -0.2) is 29.0 Å². The summed E-state index contributed by atoms with van der Waals surface area (Å²) >= 11 is 3.36. The minimum Gasteiger partial charge on any atom is -0.380 e. The predicted molar refractivity (Wildman–Crippen MR) is 78.6 cm³/mol. The SMILES string of the molecule is CCCCn1ncc(NCC2CCCO2)c(Br)c1=O. The van der Waals surface area contributed by atoms with Crippen LogP contribution in [-0.2, 0) is 11.3 Å². The molecule has 0 spiro atoms. The van der Waals surface area contributed by atoms with Crippen molar-refractivity contribution in [3.8, 4) is 0 Å². The van der Waals surface area contributed by atoms with Crippen LogP contribution < -0.4 is 10.9 Å². The van der Waals surface area contributed by atoms with Crippen molar-refractivity contribution in [1.82, 2.24) is 9.78 Å². The summed E-state index contributed by atoms with van der Waals surface area (Å²) in [6, 6.07) is 0. The quantitative estimate of drug-likeness (QED) is 0.870. The Balaban J connectivity index is 2.01.